The molecule has 1 aromatic heterocycles. The summed E-state index contributed by atoms with van der Waals surface area (Å²) < 4.78 is 1.88. The van der Waals surface area contributed by atoms with Crippen molar-refractivity contribution in [1.82, 2.24) is 20.0 Å². The number of rotatable bonds is 6. The highest BCUT2D eigenvalue weighted by Crippen LogP contribution is 2.61. The van der Waals surface area contributed by atoms with Crippen molar-refractivity contribution in [1.29, 1.82) is 0 Å². The largest absolute Gasteiger partial charge is 0.353 e. The molecule has 28 heavy (non-hydrogen) atoms. The minimum absolute atomic E-state index is 0.343. The highest BCUT2D eigenvalue weighted by Gasteiger charge is 2.51. The summed E-state index contributed by atoms with van der Waals surface area (Å²) in [6.07, 6.45) is 16.5. The Bertz CT molecular complexity index is 668. The predicted octanol–water partition coefficient (Wildman–Crippen LogP) is 3.15. The zero-order chi connectivity index (χ0) is 19.1. The fourth-order valence-electron chi connectivity index (χ4n) is 7.31. The van der Waals surface area contributed by atoms with E-state index < -0.39 is 0 Å². The molecule has 4 bridgehead atoms. The lowest BCUT2D eigenvalue weighted by molar-refractivity contribution is -0.130. The number of aryl methyl sites for hydroxylation is 1. The number of nitrogens with one attached hydrogen (secondary N) is 1. The summed E-state index contributed by atoms with van der Waals surface area (Å²) in [5.41, 5.74) is 1.68. The van der Waals surface area contributed by atoms with Crippen molar-refractivity contribution in [3.8, 4) is 0 Å². The van der Waals surface area contributed by atoms with Gasteiger partial charge in [0.1, 0.15) is 0 Å². The third kappa shape index (κ3) is 4.00. The molecular weight excluding hydrogens is 348 g/mol. The van der Waals surface area contributed by atoms with Gasteiger partial charge in [-0.15, -0.1) is 0 Å². The van der Waals surface area contributed by atoms with E-state index in [2.05, 4.69) is 21.5 Å². The van der Waals surface area contributed by atoms with Gasteiger partial charge in [0.15, 0.2) is 0 Å². The first-order valence-corrected chi connectivity index (χ1v) is 11.5. The van der Waals surface area contributed by atoms with E-state index in [9.17, 15) is 4.79 Å². The maximum atomic E-state index is 12.9. The Labute approximate surface area is 169 Å². The molecule has 1 amide bonds. The van der Waals surface area contributed by atoms with Crippen LogP contribution in [-0.4, -0.2) is 46.3 Å². The minimum Gasteiger partial charge on any atom is -0.353 e. The molecule has 2 heterocycles. The van der Waals surface area contributed by atoms with Crippen LogP contribution in [0.4, 0.5) is 0 Å². The summed E-state index contributed by atoms with van der Waals surface area (Å²) in [4.78, 5) is 15.4. The van der Waals surface area contributed by atoms with Gasteiger partial charge in [-0.3, -0.25) is 9.48 Å². The molecule has 4 saturated carbocycles. The second-order valence-corrected chi connectivity index (χ2v) is 10.6. The molecule has 0 radical (unpaired) electrons. The van der Waals surface area contributed by atoms with Crippen LogP contribution in [0.5, 0.6) is 0 Å². The lowest BCUT2D eigenvalue weighted by Crippen LogP contribution is -2.50. The first kappa shape index (κ1) is 18.7. The summed E-state index contributed by atoms with van der Waals surface area (Å²) in [6.45, 7) is 3.30. The Morgan fingerprint density at radius 3 is 2.36 bits per heavy atom. The summed E-state index contributed by atoms with van der Waals surface area (Å²) >= 11 is 0. The van der Waals surface area contributed by atoms with Crippen molar-refractivity contribution in [3.63, 3.8) is 0 Å². The number of amides is 1. The summed E-state index contributed by atoms with van der Waals surface area (Å²) in [7, 11) is 1.97. The van der Waals surface area contributed by atoms with Gasteiger partial charge in [-0.25, -0.2) is 0 Å². The van der Waals surface area contributed by atoms with E-state index in [1.54, 1.807) is 0 Å². The van der Waals surface area contributed by atoms with E-state index in [1.807, 2.05) is 17.9 Å². The lowest BCUT2D eigenvalue weighted by atomic mass is 9.49. The maximum absolute atomic E-state index is 12.9. The lowest BCUT2D eigenvalue weighted by Gasteiger charge is -2.56. The Hall–Kier alpha value is -1.36. The van der Waals surface area contributed by atoms with Crippen LogP contribution in [0.1, 0.15) is 63.4 Å². The van der Waals surface area contributed by atoms with Crippen LogP contribution in [-0.2, 0) is 18.3 Å². The number of nitrogens with zero attached hydrogens (tertiary/aromatic N) is 3. The quantitative estimate of drug-likeness (QED) is 0.820. The van der Waals surface area contributed by atoms with Crippen LogP contribution >= 0.6 is 0 Å². The predicted molar refractivity (Wildman–Crippen MR) is 110 cm³/mol. The number of likely N-dealkylation sites (tertiary alicyclic amines) is 1. The van der Waals surface area contributed by atoms with Gasteiger partial charge in [-0.1, -0.05) is 0 Å². The molecule has 1 saturated heterocycles. The Balaban J connectivity index is 1.06. The smallest absolute Gasteiger partial charge is 0.220 e. The van der Waals surface area contributed by atoms with Crippen molar-refractivity contribution >= 4 is 5.91 Å². The molecule has 0 aromatic carbocycles. The number of hydrogen-bond acceptors (Lipinski definition) is 3. The molecule has 5 heteroatoms. The topological polar surface area (TPSA) is 50.2 Å². The molecule has 1 N–H and O–H groups in total. The number of aromatic nitrogens is 2. The van der Waals surface area contributed by atoms with Gasteiger partial charge in [0, 0.05) is 45.3 Å². The van der Waals surface area contributed by atoms with Crippen molar-refractivity contribution in [2.75, 3.05) is 19.6 Å². The summed E-state index contributed by atoms with van der Waals surface area (Å²) in [5.74, 6) is 3.14. The number of carbonyl (C=O) groups is 1. The molecule has 6 rings (SSSR count). The van der Waals surface area contributed by atoms with Gasteiger partial charge in [0.25, 0.3) is 0 Å². The third-order valence-corrected chi connectivity index (χ3v) is 8.13. The van der Waals surface area contributed by atoms with Crippen LogP contribution in [0.15, 0.2) is 12.4 Å². The summed E-state index contributed by atoms with van der Waals surface area (Å²) in [5, 5.41) is 7.66. The SMILES string of the molecule is Cn1cc(CCN2CCC(NC(=O)CC34CC5CC(CC(C5)C3)C4)CC2)cn1. The molecular formula is C23H36N4O. The number of carbonyl (C=O) groups excluding carboxylic acids is 1. The van der Waals surface area contributed by atoms with Gasteiger partial charge < -0.3 is 10.2 Å². The van der Waals surface area contributed by atoms with Crippen LogP contribution in [0.3, 0.4) is 0 Å². The zero-order valence-corrected chi connectivity index (χ0v) is 17.4. The maximum Gasteiger partial charge on any atom is 0.220 e. The standard InChI is InChI=1S/C23H36N4O/c1-26-16-17(15-24-26)2-5-27-6-3-21(4-7-27)25-22(28)14-23-11-18-8-19(12-23)10-20(9-18)13-23/h15-16,18-21H,2-14H2,1H3,(H,25,28). The van der Waals surface area contributed by atoms with Crippen LogP contribution < -0.4 is 5.32 Å². The van der Waals surface area contributed by atoms with E-state index in [0.717, 1.165) is 63.1 Å². The molecule has 1 aliphatic heterocycles. The molecule has 5 fully saturated rings. The molecule has 1 aromatic rings. The first-order chi connectivity index (χ1) is 13.6. The van der Waals surface area contributed by atoms with Crippen LogP contribution in [0.25, 0.3) is 0 Å². The average molecular weight is 385 g/mol. The van der Waals surface area contributed by atoms with E-state index in [0.29, 0.717) is 17.4 Å². The Morgan fingerprint density at radius 1 is 1.14 bits per heavy atom. The van der Waals surface area contributed by atoms with Gasteiger partial charge in [-0.05, 0) is 86.5 Å². The minimum atomic E-state index is 0.343. The third-order valence-electron chi connectivity index (χ3n) is 8.13. The molecule has 154 valence electrons. The van der Waals surface area contributed by atoms with Crippen molar-refractivity contribution in [2.45, 2.75) is 70.3 Å². The fraction of sp³-hybridized carbons (Fsp3) is 0.826. The van der Waals surface area contributed by atoms with E-state index in [1.165, 1.54) is 44.1 Å². The number of piperidine rings is 1. The fourth-order valence-corrected chi connectivity index (χ4v) is 7.31. The second kappa shape index (κ2) is 7.47. The Kier molecular flexibility index (Phi) is 4.98. The molecule has 5 nitrogen and oxygen atoms in total. The van der Waals surface area contributed by atoms with Gasteiger partial charge in [0.2, 0.25) is 5.91 Å². The van der Waals surface area contributed by atoms with E-state index >= 15 is 0 Å². The van der Waals surface area contributed by atoms with Crippen molar-refractivity contribution in [2.24, 2.45) is 30.2 Å². The molecule has 0 unspecified atom stereocenters. The number of hydrogen-bond donors (Lipinski definition) is 1. The summed E-state index contributed by atoms with van der Waals surface area (Å²) in [6, 6.07) is 0.385. The normalized spacial score (nSPS) is 35.4. The van der Waals surface area contributed by atoms with Crippen molar-refractivity contribution < 1.29 is 4.79 Å². The van der Waals surface area contributed by atoms with Crippen LogP contribution in [0.2, 0.25) is 0 Å². The van der Waals surface area contributed by atoms with E-state index in [4.69, 9.17) is 0 Å². The highest BCUT2D eigenvalue weighted by atomic mass is 16.1. The van der Waals surface area contributed by atoms with E-state index in [-0.39, 0.29) is 0 Å². The van der Waals surface area contributed by atoms with Gasteiger partial charge in [-0.2, -0.15) is 5.10 Å². The average Bonchev–Trinajstić information content (AvgIpc) is 3.05. The Morgan fingerprint density at radius 2 is 1.79 bits per heavy atom. The second-order valence-electron chi connectivity index (χ2n) is 10.6. The zero-order valence-electron chi connectivity index (χ0n) is 17.4. The molecule has 5 aliphatic rings. The molecule has 0 spiro atoms. The molecule has 4 aliphatic carbocycles. The first-order valence-electron chi connectivity index (χ1n) is 11.5. The highest BCUT2D eigenvalue weighted by molar-refractivity contribution is 5.77. The monoisotopic (exact) mass is 384 g/mol. The van der Waals surface area contributed by atoms with Gasteiger partial charge >= 0.3 is 0 Å². The molecule has 0 atom stereocenters. The van der Waals surface area contributed by atoms with Crippen LogP contribution in [0, 0.1) is 23.2 Å². The van der Waals surface area contributed by atoms with Crippen molar-refractivity contribution in [3.05, 3.63) is 18.0 Å². The van der Waals surface area contributed by atoms with Gasteiger partial charge in [0.05, 0.1) is 6.20 Å².